The van der Waals surface area contributed by atoms with Crippen molar-refractivity contribution in [1.29, 1.82) is 0 Å². The fourth-order valence-corrected chi connectivity index (χ4v) is 3.11. The van der Waals surface area contributed by atoms with Gasteiger partial charge in [0, 0.05) is 0 Å². The Morgan fingerprint density at radius 3 is 2.82 bits per heavy atom. The lowest BCUT2D eigenvalue weighted by molar-refractivity contribution is 0.163. The van der Waals surface area contributed by atoms with Crippen molar-refractivity contribution in [3.05, 3.63) is 11.8 Å². The molecule has 1 unspecified atom stereocenters. The summed E-state index contributed by atoms with van der Waals surface area (Å²) in [4.78, 5) is 0. The van der Waals surface area contributed by atoms with Crippen molar-refractivity contribution in [2.45, 2.75) is 64.3 Å². The van der Waals surface area contributed by atoms with Gasteiger partial charge in [0.2, 0.25) is 0 Å². The van der Waals surface area contributed by atoms with E-state index in [1.54, 1.807) is 0 Å². The summed E-state index contributed by atoms with van der Waals surface area (Å²) in [7, 11) is 0. The highest BCUT2D eigenvalue weighted by atomic mass is 16.5. The predicted molar refractivity (Wildman–Crippen MR) is 71.9 cm³/mol. The minimum Gasteiger partial charge on any atom is -0.497 e. The molecule has 2 nitrogen and oxygen atoms in total. The average molecular weight is 237 g/mol. The third-order valence-corrected chi connectivity index (χ3v) is 4.10. The van der Waals surface area contributed by atoms with E-state index in [-0.39, 0.29) is 0 Å². The summed E-state index contributed by atoms with van der Waals surface area (Å²) < 4.78 is 5.81. The maximum Gasteiger partial charge on any atom is 0.109 e. The van der Waals surface area contributed by atoms with Gasteiger partial charge < -0.3 is 10.1 Å². The van der Waals surface area contributed by atoms with Crippen LogP contribution in [0.25, 0.3) is 0 Å². The molecule has 0 aromatic carbocycles. The van der Waals surface area contributed by atoms with Crippen LogP contribution in [-0.2, 0) is 4.74 Å². The summed E-state index contributed by atoms with van der Waals surface area (Å²) >= 11 is 0. The van der Waals surface area contributed by atoms with E-state index in [2.05, 4.69) is 18.3 Å². The van der Waals surface area contributed by atoms with Crippen LogP contribution in [0.15, 0.2) is 11.8 Å². The molecule has 1 atom stereocenters. The molecule has 0 amide bonds. The van der Waals surface area contributed by atoms with Gasteiger partial charge in [0.15, 0.2) is 0 Å². The standard InChI is InChI=1S/C15H27NO/c1-2-16-14(15-9-5-6-12-17-15)11-10-13-7-3-4-8-13/h9,13-14,16H,2-8,10-12H2,1H3. The first-order chi connectivity index (χ1) is 8.40. The minimum absolute atomic E-state index is 0.473. The maximum absolute atomic E-state index is 5.81. The van der Waals surface area contributed by atoms with Gasteiger partial charge >= 0.3 is 0 Å². The number of nitrogens with one attached hydrogen (secondary N) is 1. The number of hydrogen-bond donors (Lipinski definition) is 1. The monoisotopic (exact) mass is 237 g/mol. The molecule has 17 heavy (non-hydrogen) atoms. The molecular weight excluding hydrogens is 210 g/mol. The zero-order chi connectivity index (χ0) is 11.9. The van der Waals surface area contributed by atoms with Crippen molar-refractivity contribution < 1.29 is 4.74 Å². The van der Waals surface area contributed by atoms with Crippen molar-refractivity contribution >= 4 is 0 Å². The van der Waals surface area contributed by atoms with Gasteiger partial charge in [0.05, 0.1) is 12.6 Å². The molecule has 98 valence electrons. The largest absolute Gasteiger partial charge is 0.497 e. The lowest BCUT2D eigenvalue weighted by Crippen LogP contribution is -2.33. The van der Waals surface area contributed by atoms with Gasteiger partial charge in [0.1, 0.15) is 5.76 Å². The Kier molecular flexibility index (Phi) is 5.37. The van der Waals surface area contributed by atoms with Gasteiger partial charge in [-0.25, -0.2) is 0 Å². The molecule has 0 spiro atoms. The molecule has 2 rings (SSSR count). The third kappa shape index (κ3) is 4.02. The molecule has 0 aromatic heterocycles. The molecule has 1 heterocycles. The fourth-order valence-electron chi connectivity index (χ4n) is 3.11. The molecule has 2 aliphatic rings. The zero-order valence-electron chi connectivity index (χ0n) is 11.2. The highest BCUT2D eigenvalue weighted by Crippen LogP contribution is 2.30. The van der Waals surface area contributed by atoms with Gasteiger partial charge in [-0.05, 0) is 44.2 Å². The molecule has 0 radical (unpaired) electrons. The van der Waals surface area contributed by atoms with Gasteiger partial charge in [0.25, 0.3) is 0 Å². The smallest absolute Gasteiger partial charge is 0.109 e. The van der Waals surface area contributed by atoms with Crippen LogP contribution in [-0.4, -0.2) is 19.2 Å². The topological polar surface area (TPSA) is 21.3 Å². The van der Waals surface area contributed by atoms with E-state index in [1.165, 1.54) is 57.1 Å². The molecule has 1 saturated carbocycles. The summed E-state index contributed by atoms with van der Waals surface area (Å²) in [5.74, 6) is 2.21. The van der Waals surface area contributed by atoms with Crippen LogP contribution in [0.5, 0.6) is 0 Å². The first kappa shape index (κ1) is 12.9. The van der Waals surface area contributed by atoms with Crippen molar-refractivity contribution in [3.8, 4) is 0 Å². The molecule has 1 N–H and O–H groups in total. The van der Waals surface area contributed by atoms with Crippen molar-refractivity contribution in [1.82, 2.24) is 5.32 Å². The number of ether oxygens (including phenoxy) is 1. The van der Waals surface area contributed by atoms with Crippen LogP contribution < -0.4 is 5.32 Å². The molecule has 1 aliphatic heterocycles. The molecule has 1 fully saturated rings. The van der Waals surface area contributed by atoms with E-state index >= 15 is 0 Å². The third-order valence-electron chi connectivity index (χ3n) is 4.10. The highest BCUT2D eigenvalue weighted by Gasteiger charge is 2.20. The first-order valence-corrected chi connectivity index (χ1v) is 7.46. The Balaban J connectivity index is 1.80. The van der Waals surface area contributed by atoms with Crippen LogP contribution in [0.3, 0.4) is 0 Å². The normalized spacial score (nSPS) is 23.2. The summed E-state index contributed by atoms with van der Waals surface area (Å²) in [6.45, 7) is 4.14. The maximum atomic E-state index is 5.81. The molecule has 1 aliphatic carbocycles. The van der Waals surface area contributed by atoms with Gasteiger partial charge in [-0.1, -0.05) is 32.6 Å². The first-order valence-electron chi connectivity index (χ1n) is 7.46. The van der Waals surface area contributed by atoms with Crippen LogP contribution in [0.2, 0.25) is 0 Å². The average Bonchev–Trinajstić information content (AvgIpc) is 2.88. The molecule has 0 saturated heterocycles. The number of allylic oxidation sites excluding steroid dienone is 1. The van der Waals surface area contributed by atoms with Crippen molar-refractivity contribution in [3.63, 3.8) is 0 Å². The summed E-state index contributed by atoms with van der Waals surface area (Å²) in [5.41, 5.74) is 0. The molecule has 0 bridgehead atoms. The lowest BCUT2D eigenvalue weighted by Gasteiger charge is -2.25. The second kappa shape index (κ2) is 7.05. The van der Waals surface area contributed by atoms with Crippen LogP contribution in [0, 0.1) is 5.92 Å². The zero-order valence-corrected chi connectivity index (χ0v) is 11.2. The minimum atomic E-state index is 0.473. The number of rotatable bonds is 6. The lowest BCUT2D eigenvalue weighted by atomic mass is 9.97. The quantitative estimate of drug-likeness (QED) is 0.761. The van der Waals surface area contributed by atoms with E-state index in [4.69, 9.17) is 4.74 Å². The Morgan fingerprint density at radius 2 is 2.18 bits per heavy atom. The van der Waals surface area contributed by atoms with Gasteiger partial charge in [-0.2, -0.15) is 0 Å². The van der Waals surface area contributed by atoms with Crippen LogP contribution >= 0.6 is 0 Å². The number of hydrogen-bond acceptors (Lipinski definition) is 2. The second-order valence-corrected chi connectivity index (χ2v) is 5.44. The Bertz CT molecular complexity index is 243. The molecular formula is C15H27NO. The SMILES string of the molecule is CCNC(CCC1CCCC1)C1=CCCCO1. The molecule has 2 heteroatoms. The van der Waals surface area contributed by atoms with E-state index in [9.17, 15) is 0 Å². The summed E-state index contributed by atoms with van der Waals surface area (Å²) in [5, 5.41) is 3.58. The van der Waals surface area contributed by atoms with Crippen LogP contribution in [0.4, 0.5) is 0 Å². The van der Waals surface area contributed by atoms with E-state index in [1.807, 2.05) is 0 Å². The number of likely N-dealkylation sites (N-methyl/N-ethyl adjacent to an activating group) is 1. The summed E-state index contributed by atoms with van der Waals surface area (Å²) in [6.07, 6.45) is 13.1. The second-order valence-electron chi connectivity index (χ2n) is 5.44. The van der Waals surface area contributed by atoms with E-state index in [0.717, 1.165) is 19.1 Å². The molecule has 0 aromatic rings. The predicted octanol–water partition coefficient (Wildman–Crippen LogP) is 3.63. The van der Waals surface area contributed by atoms with Gasteiger partial charge in [-0.15, -0.1) is 0 Å². The van der Waals surface area contributed by atoms with Crippen LogP contribution in [0.1, 0.15) is 58.3 Å². The van der Waals surface area contributed by atoms with Crippen molar-refractivity contribution in [2.75, 3.05) is 13.2 Å². The Morgan fingerprint density at radius 1 is 1.35 bits per heavy atom. The van der Waals surface area contributed by atoms with E-state index in [0.29, 0.717) is 6.04 Å². The summed E-state index contributed by atoms with van der Waals surface area (Å²) in [6, 6.07) is 0.473. The Hall–Kier alpha value is -0.500. The van der Waals surface area contributed by atoms with E-state index < -0.39 is 0 Å². The fraction of sp³-hybridized carbons (Fsp3) is 0.867. The Labute approximate surface area is 106 Å². The van der Waals surface area contributed by atoms with Gasteiger partial charge in [-0.3, -0.25) is 0 Å². The van der Waals surface area contributed by atoms with Crippen molar-refractivity contribution in [2.24, 2.45) is 5.92 Å². The highest BCUT2D eigenvalue weighted by molar-refractivity contribution is 5.05.